The molecule has 0 saturated heterocycles. The van der Waals surface area contributed by atoms with Gasteiger partial charge in [-0.05, 0) is 43.2 Å². The molecule has 0 unspecified atom stereocenters. The van der Waals surface area contributed by atoms with Gasteiger partial charge < -0.3 is 4.74 Å². The number of nitrogens with zero attached hydrogens (tertiary/aromatic N) is 1. The van der Waals surface area contributed by atoms with Crippen LogP contribution in [0.4, 0.5) is 0 Å². The standard InChI is InChI=1S/C17H18N2O2/c1-3-21-15-9-6-8-14(11-15)12-18-19-17(20)16-10-5-4-7-13(16)2/h4-12H,3H2,1-2H3,(H,19,20)/b18-12-. The molecular formula is C17H18N2O2. The van der Waals surface area contributed by atoms with Crippen molar-refractivity contribution in [2.75, 3.05) is 6.61 Å². The Labute approximate surface area is 124 Å². The number of nitrogens with one attached hydrogen (secondary N) is 1. The number of carbonyl (C=O) groups is 1. The highest BCUT2D eigenvalue weighted by atomic mass is 16.5. The topological polar surface area (TPSA) is 50.7 Å². The van der Waals surface area contributed by atoms with Crippen LogP contribution in [0.2, 0.25) is 0 Å². The molecule has 0 radical (unpaired) electrons. The SMILES string of the molecule is CCOc1cccc(/C=N\NC(=O)c2ccccc2C)c1. The van der Waals surface area contributed by atoms with Crippen LogP contribution >= 0.6 is 0 Å². The fourth-order valence-corrected chi connectivity index (χ4v) is 1.90. The molecule has 0 aliphatic rings. The van der Waals surface area contributed by atoms with Crippen LogP contribution in [0, 0.1) is 6.92 Å². The molecule has 0 fully saturated rings. The second-order valence-electron chi connectivity index (χ2n) is 4.52. The molecular weight excluding hydrogens is 264 g/mol. The van der Waals surface area contributed by atoms with Crippen molar-refractivity contribution >= 4 is 12.1 Å². The lowest BCUT2D eigenvalue weighted by atomic mass is 10.1. The van der Waals surface area contributed by atoms with Gasteiger partial charge in [-0.2, -0.15) is 5.10 Å². The maximum absolute atomic E-state index is 12.0. The van der Waals surface area contributed by atoms with E-state index in [9.17, 15) is 4.79 Å². The van der Waals surface area contributed by atoms with E-state index < -0.39 is 0 Å². The van der Waals surface area contributed by atoms with Crippen LogP contribution in [0.5, 0.6) is 5.75 Å². The molecule has 1 N–H and O–H groups in total. The van der Waals surface area contributed by atoms with Crippen LogP contribution in [-0.2, 0) is 0 Å². The molecule has 2 rings (SSSR count). The van der Waals surface area contributed by atoms with E-state index in [4.69, 9.17) is 4.74 Å². The lowest BCUT2D eigenvalue weighted by Crippen LogP contribution is -2.18. The van der Waals surface area contributed by atoms with Crippen LogP contribution < -0.4 is 10.2 Å². The third-order valence-corrected chi connectivity index (χ3v) is 2.94. The predicted octanol–water partition coefficient (Wildman–Crippen LogP) is 3.16. The number of aryl methyl sites for hydroxylation is 1. The number of benzene rings is 2. The first-order valence-corrected chi connectivity index (χ1v) is 6.82. The molecule has 4 nitrogen and oxygen atoms in total. The van der Waals surface area contributed by atoms with Gasteiger partial charge in [-0.1, -0.05) is 30.3 Å². The zero-order valence-corrected chi connectivity index (χ0v) is 12.2. The minimum absolute atomic E-state index is 0.217. The van der Waals surface area contributed by atoms with Crippen molar-refractivity contribution in [1.82, 2.24) is 5.43 Å². The fraction of sp³-hybridized carbons (Fsp3) is 0.176. The van der Waals surface area contributed by atoms with Gasteiger partial charge >= 0.3 is 0 Å². The average Bonchev–Trinajstić information content (AvgIpc) is 2.48. The van der Waals surface area contributed by atoms with Crippen LogP contribution in [0.1, 0.15) is 28.4 Å². The Morgan fingerprint density at radius 3 is 2.81 bits per heavy atom. The maximum atomic E-state index is 12.0. The highest BCUT2D eigenvalue weighted by Gasteiger charge is 2.06. The van der Waals surface area contributed by atoms with Crippen molar-refractivity contribution in [2.24, 2.45) is 5.10 Å². The summed E-state index contributed by atoms with van der Waals surface area (Å²) >= 11 is 0. The van der Waals surface area contributed by atoms with E-state index in [0.717, 1.165) is 16.9 Å². The number of rotatable bonds is 5. The quantitative estimate of drug-likeness (QED) is 0.676. The Morgan fingerprint density at radius 1 is 1.24 bits per heavy atom. The van der Waals surface area contributed by atoms with Gasteiger partial charge in [0.05, 0.1) is 12.8 Å². The Hall–Kier alpha value is -2.62. The summed E-state index contributed by atoms with van der Waals surface area (Å²) < 4.78 is 5.41. The molecule has 21 heavy (non-hydrogen) atoms. The molecule has 0 aliphatic carbocycles. The number of carbonyl (C=O) groups excluding carboxylic acids is 1. The summed E-state index contributed by atoms with van der Waals surface area (Å²) in [5, 5.41) is 3.98. The summed E-state index contributed by atoms with van der Waals surface area (Å²) in [6.45, 7) is 4.44. The predicted molar refractivity (Wildman–Crippen MR) is 83.9 cm³/mol. The first kappa shape index (κ1) is 14.8. The molecule has 0 bridgehead atoms. The van der Waals surface area contributed by atoms with Gasteiger partial charge in [-0.15, -0.1) is 0 Å². The summed E-state index contributed by atoms with van der Waals surface area (Å²) in [6.07, 6.45) is 1.60. The van der Waals surface area contributed by atoms with Crippen molar-refractivity contribution in [1.29, 1.82) is 0 Å². The molecule has 0 heterocycles. The van der Waals surface area contributed by atoms with Crippen LogP contribution in [0.25, 0.3) is 0 Å². The first-order chi connectivity index (χ1) is 10.2. The Balaban J connectivity index is 2.01. The van der Waals surface area contributed by atoms with Crippen LogP contribution in [0.3, 0.4) is 0 Å². The van der Waals surface area contributed by atoms with Gasteiger partial charge in [0.2, 0.25) is 0 Å². The zero-order valence-electron chi connectivity index (χ0n) is 12.2. The molecule has 0 aliphatic heterocycles. The van der Waals surface area contributed by atoms with Crippen molar-refractivity contribution in [3.8, 4) is 5.75 Å². The van der Waals surface area contributed by atoms with E-state index in [1.165, 1.54) is 0 Å². The van der Waals surface area contributed by atoms with E-state index >= 15 is 0 Å². The molecule has 4 heteroatoms. The number of amides is 1. The van der Waals surface area contributed by atoms with Gasteiger partial charge in [-0.3, -0.25) is 4.79 Å². The monoisotopic (exact) mass is 282 g/mol. The Bertz CT molecular complexity index is 651. The highest BCUT2D eigenvalue weighted by Crippen LogP contribution is 2.11. The molecule has 1 amide bonds. The molecule has 2 aromatic rings. The second kappa shape index (κ2) is 7.24. The summed E-state index contributed by atoms with van der Waals surface area (Å²) in [6, 6.07) is 14.9. The molecule has 2 aromatic carbocycles. The number of hydrazone groups is 1. The second-order valence-corrected chi connectivity index (χ2v) is 4.52. The summed E-state index contributed by atoms with van der Waals surface area (Å²) in [5.74, 6) is 0.567. The highest BCUT2D eigenvalue weighted by molar-refractivity contribution is 5.96. The number of hydrogen-bond donors (Lipinski definition) is 1. The normalized spacial score (nSPS) is 10.6. The summed E-state index contributed by atoms with van der Waals surface area (Å²) in [5.41, 5.74) is 4.94. The molecule has 0 aromatic heterocycles. The van der Waals surface area contributed by atoms with Crippen molar-refractivity contribution < 1.29 is 9.53 Å². The minimum atomic E-state index is -0.217. The fourth-order valence-electron chi connectivity index (χ4n) is 1.90. The molecule has 108 valence electrons. The van der Waals surface area contributed by atoms with Gasteiger partial charge in [-0.25, -0.2) is 5.43 Å². The third kappa shape index (κ3) is 4.18. The maximum Gasteiger partial charge on any atom is 0.271 e. The first-order valence-electron chi connectivity index (χ1n) is 6.82. The Kier molecular flexibility index (Phi) is 5.10. The van der Waals surface area contributed by atoms with Crippen molar-refractivity contribution in [3.05, 3.63) is 65.2 Å². The minimum Gasteiger partial charge on any atom is -0.494 e. The largest absolute Gasteiger partial charge is 0.494 e. The summed E-state index contributed by atoms with van der Waals surface area (Å²) in [7, 11) is 0. The third-order valence-electron chi connectivity index (χ3n) is 2.94. The smallest absolute Gasteiger partial charge is 0.271 e. The van der Waals surface area contributed by atoms with E-state index in [-0.39, 0.29) is 5.91 Å². The lowest BCUT2D eigenvalue weighted by molar-refractivity contribution is 0.0954. The van der Waals surface area contributed by atoms with E-state index in [0.29, 0.717) is 12.2 Å². The van der Waals surface area contributed by atoms with Gasteiger partial charge in [0.15, 0.2) is 0 Å². The number of ether oxygens (including phenoxy) is 1. The lowest BCUT2D eigenvalue weighted by Gasteiger charge is -2.04. The van der Waals surface area contributed by atoms with Crippen LogP contribution in [0.15, 0.2) is 53.6 Å². The van der Waals surface area contributed by atoms with Gasteiger partial charge in [0, 0.05) is 5.56 Å². The van der Waals surface area contributed by atoms with E-state index in [1.807, 2.05) is 56.3 Å². The van der Waals surface area contributed by atoms with Crippen molar-refractivity contribution in [3.63, 3.8) is 0 Å². The van der Waals surface area contributed by atoms with Gasteiger partial charge in [0.1, 0.15) is 5.75 Å². The zero-order chi connectivity index (χ0) is 15.1. The van der Waals surface area contributed by atoms with E-state index in [2.05, 4.69) is 10.5 Å². The summed E-state index contributed by atoms with van der Waals surface area (Å²) in [4.78, 5) is 12.0. The number of hydrogen-bond acceptors (Lipinski definition) is 3. The van der Waals surface area contributed by atoms with Crippen LogP contribution in [-0.4, -0.2) is 18.7 Å². The Morgan fingerprint density at radius 2 is 2.05 bits per heavy atom. The molecule has 0 saturated carbocycles. The van der Waals surface area contributed by atoms with E-state index in [1.54, 1.807) is 12.3 Å². The molecule has 0 spiro atoms. The average molecular weight is 282 g/mol. The van der Waals surface area contributed by atoms with Gasteiger partial charge in [0.25, 0.3) is 5.91 Å². The van der Waals surface area contributed by atoms with Crippen molar-refractivity contribution in [2.45, 2.75) is 13.8 Å². The molecule has 0 atom stereocenters.